The zero-order chi connectivity index (χ0) is 20.4. The Morgan fingerprint density at radius 3 is 2.43 bits per heavy atom. The molecule has 2 amide bonds. The molecule has 8 heteroatoms. The summed E-state index contributed by atoms with van der Waals surface area (Å²) in [4.78, 5) is 27.1. The highest BCUT2D eigenvalue weighted by Gasteiger charge is 2.25. The molecule has 0 saturated carbocycles. The molecule has 28 heavy (non-hydrogen) atoms. The van der Waals surface area contributed by atoms with Crippen molar-refractivity contribution in [2.45, 2.75) is 24.3 Å². The maximum absolute atomic E-state index is 13.0. The van der Waals surface area contributed by atoms with Gasteiger partial charge in [0.15, 0.2) is 4.84 Å². The van der Waals surface area contributed by atoms with Gasteiger partial charge >= 0.3 is 0 Å². The van der Waals surface area contributed by atoms with E-state index in [1.54, 1.807) is 30.4 Å². The van der Waals surface area contributed by atoms with Crippen LogP contribution in [0, 0.1) is 0 Å². The molecule has 0 fully saturated rings. The van der Waals surface area contributed by atoms with Crippen molar-refractivity contribution >= 4 is 35.0 Å². The van der Waals surface area contributed by atoms with Crippen LogP contribution >= 0.6 is 23.2 Å². The quantitative estimate of drug-likeness (QED) is 0.407. The van der Waals surface area contributed by atoms with Crippen LogP contribution in [-0.4, -0.2) is 53.3 Å². The summed E-state index contributed by atoms with van der Waals surface area (Å²) in [5.74, 6) is -0.0560. The van der Waals surface area contributed by atoms with E-state index in [0.717, 1.165) is 5.56 Å². The molecular weight excluding hydrogens is 403 g/mol. The standard InChI is InChI=1S/C20H24Cl2N2O4/c1-27-11-6-10-23(20(26)19(21)22)15-18(25)24(14-17-9-5-12-28-17)13-16-7-3-2-4-8-16/h2-5,7-9,12,19H,6,10-11,13-15H2,1H3. The summed E-state index contributed by atoms with van der Waals surface area (Å²) >= 11 is 11.5. The van der Waals surface area contributed by atoms with E-state index >= 15 is 0 Å². The number of halogens is 2. The lowest BCUT2D eigenvalue weighted by Gasteiger charge is -2.27. The first-order valence-electron chi connectivity index (χ1n) is 8.91. The van der Waals surface area contributed by atoms with Crippen LogP contribution in [0.25, 0.3) is 0 Å². The third-order valence-corrected chi connectivity index (χ3v) is 4.47. The van der Waals surface area contributed by atoms with E-state index in [1.807, 2.05) is 30.3 Å². The maximum Gasteiger partial charge on any atom is 0.256 e. The zero-order valence-corrected chi connectivity index (χ0v) is 17.2. The number of furan rings is 1. The largest absolute Gasteiger partial charge is 0.467 e. The Hall–Kier alpha value is -2.02. The zero-order valence-electron chi connectivity index (χ0n) is 15.7. The van der Waals surface area contributed by atoms with Gasteiger partial charge in [0.25, 0.3) is 5.91 Å². The number of carbonyl (C=O) groups excluding carboxylic acids is 2. The van der Waals surface area contributed by atoms with Gasteiger partial charge in [-0.1, -0.05) is 53.5 Å². The molecule has 0 aliphatic heterocycles. The molecule has 0 atom stereocenters. The fourth-order valence-corrected chi connectivity index (χ4v) is 2.97. The molecule has 0 spiro atoms. The second-order valence-electron chi connectivity index (χ2n) is 6.22. The lowest BCUT2D eigenvalue weighted by atomic mass is 10.2. The molecule has 2 rings (SSSR count). The molecule has 0 bridgehead atoms. The smallest absolute Gasteiger partial charge is 0.256 e. The minimum absolute atomic E-state index is 0.119. The molecule has 0 radical (unpaired) electrons. The van der Waals surface area contributed by atoms with Gasteiger partial charge in [-0.3, -0.25) is 9.59 Å². The average Bonchev–Trinajstić information content (AvgIpc) is 3.20. The van der Waals surface area contributed by atoms with Crippen LogP contribution in [0.4, 0.5) is 0 Å². The first kappa shape index (κ1) is 22.3. The Bertz CT molecular complexity index is 723. The van der Waals surface area contributed by atoms with Gasteiger partial charge in [-0.15, -0.1) is 0 Å². The molecule has 2 aromatic rings. The van der Waals surface area contributed by atoms with Crippen LogP contribution in [0.2, 0.25) is 0 Å². The summed E-state index contributed by atoms with van der Waals surface area (Å²) in [6, 6.07) is 13.2. The van der Waals surface area contributed by atoms with Crippen LogP contribution in [-0.2, 0) is 27.4 Å². The second-order valence-corrected chi connectivity index (χ2v) is 7.32. The number of nitrogens with zero attached hydrogens (tertiary/aromatic N) is 2. The van der Waals surface area contributed by atoms with Crippen molar-refractivity contribution in [1.82, 2.24) is 9.80 Å². The van der Waals surface area contributed by atoms with E-state index in [-0.39, 0.29) is 12.5 Å². The molecule has 0 unspecified atom stereocenters. The minimum Gasteiger partial charge on any atom is -0.467 e. The number of rotatable bonds is 11. The second kappa shape index (κ2) is 11.7. The van der Waals surface area contributed by atoms with Crippen LogP contribution in [0.15, 0.2) is 53.1 Å². The maximum atomic E-state index is 13.0. The van der Waals surface area contributed by atoms with Gasteiger partial charge in [0.1, 0.15) is 5.76 Å². The molecule has 152 valence electrons. The van der Waals surface area contributed by atoms with E-state index < -0.39 is 10.7 Å². The van der Waals surface area contributed by atoms with Gasteiger partial charge in [-0.2, -0.15) is 0 Å². The van der Waals surface area contributed by atoms with Gasteiger partial charge in [-0.25, -0.2) is 0 Å². The highest BCUT2D eigenvalue weighted by atomic mass is 35.5. The molecule has 1 heterocycles. The fourth-order valence-electron chi connectivity index (χ4n) is 2.69. The fraction of sp³-hybridized carbons (Fsp3) is 0.400. The predicted molar refractivity (Wildman–Crippen MR) is 108 cm³/mol. The summed E-state index contributed by atoms with van der Waals surface area (Å²) < 4.78 is 10.4. The SMILES string of the molecule is COCCCN(CC(=O)N(Cc1ccccc1)Cc1ccco1)C(=O)C(Cl)Cl. The molecule has 6 nitrogen and oxygen atoms in total. The molecule has 0 aliphatic rings. The summed E-state index contributed by atoms with van der Waals surface area (Å²) in [7, 11) is 1.58. The Kier molecular flexibility index (Phi) is 9.34. The van der Waals surface area contributed by atoms with Crippen molar-refractivity contribution < 1.29 is 18.7 Å². The van der Waals surface area contributed by atoms with Gasteiger partial charge in [0.05, 0.1) is 19.4 Å². The Balaban J connectivity index is 2.12. The number of carbonyl (C=O) groups is 2. The van der Waals surface area contributed by atoms with Crippen molar-refractivity contribution in [3.63, 3.8) is 0 Å². The number of hydrogen-bond donors (Lipinski definition) is 0. The van der Waals surface area contributed by atoms with E-state index in [1.165, 1.54) is 4.90 Å². The Morgan fingerprint density at radius 2 is 1.82 bits per heavy atom. The molecule has 1 aromatic heterocycles. The van der Waals surface area contributed by atoms with Crippen LogP contribution < -0.4 is 0 Å². The van der Waals surface area contributed by atoms with Crippen LogP contribution in [0.3, 0.4) is 0 Å². The highest BCUT2D eigenvalue weighted by Crippen LogP contribution is 2.13. The molecule has 0 aliphatic carbocycles. The average molecular weight is 427 g/mol. The topological polar surface area (TPSA) is 63.0 Å². The van der Waals surface area contributed by atoms with Gasteiger partial charge in [-0.05, 0) is 24.1 Å². The third-order valence-electron chi connectivity index (χ3n) is 4.10. The van der Waals surface area contributed by atoms with E-state index in [9.17, 15) is 9.59 Å². The Morgan fingerprint density at radius 1 is 1.07 bits per heavy atom. The number of methoxy groups -OCH3 is 1. The third kappa shape index (κ3) is 7.19. The molecule has 1 aromatic carbocycles. The number of ether oxygens (including phenoxy) is 1. The summed E-state index contributed by atoms with van der Waals surface area (Å²) in [5.41, 5.74) is 0.979. The van der Waals surface area contributed by atoms with E-state index in [2.05, 4.69) is 0 Å². The van der Waals surface area contributed by atoms with Crippen molar-refractivity contribution in [1.29, 1.82) is 0 Å². The van der Waals surface area contributed by atoms with Crippen molar-refractivity contribution in [3.8, 4) is 0 Å². The van der Waals surface area contributed by atoms with Crippen LogP contribution in [0.5, 0.6) is 0 Å². The number of alkyl halides is 2. The van der Waals surface area contributed by atoms with Crippen molar-refractivity contribution in [2.24, 2.45) is 0 Å². The Labute approximate surface area is 174 Å². The number of hydrogen-bond acceptors (Lipinski definition) is 4. The minimum atomic E-state index is -1.22. The van der Waals surface area contributed by atoms with Crippen LogP contribution in [0.1, 0.15) is 17.7 Å². The van der Waals surface area contributed by atoms with Gasteiger partial charge in [0.2, 0.25) is 5.91 Å². The van der Waals surface area contributed by atoms with Gasteiger partial charge in [0, 0.05) is 26.8 Å². The summed E-state index contributed by atoms with van der Waals surface area (Å²) in [6.07, 6.45) is 2.14. The first-order valence-corrected chi connectivity index (χ1v) is 9.78. The lowest BCUT2D eigenvalue weighted by molar-refractivity contribution is -0.140. The highest BCUT2D eigenvalue weighted by molar-refractivity contribution is 6.53. The normalized spacial score (nSPS) is 10.9. The molecule has 0 N–H and O–H groups in total. The monoisotopic (exact) mass is 426 g/mol. The summed E-state index contributed by atoms with van der Waals surface area (Å²) in [5, 5.41) is 0. The first-order chi connectivity index (χ1) is 13.5. The van der Waals surface area contributed by atoms with Gasteiger partial charge < -0.3 is 19.0 Å². The number of amides is 2. The van der Waals surface area contributed by atoms with Crippen molar-refractivity contribution in [2.75, 3.05) is 26.8 Å². The predicted octanol–water partition coefficient (Wildman–Crippen LogP) is 3.48. The van der Waals surface area contributed by atoms with E-state index in [4.69, 9.17) is 32.4 Å². The lowest BCUT2D eigenvalue weighted by Crippen LogP contribution is -2.44. The number of benzene rings is 1. The molecule has 0 saturated heterocycles. The summed E-state index contributed by atoms with van der Waals surface area (Å²) in [6.45, 7) is 1.37. The van der Waals surface area contributed by atoms with E-state index in [0.29, 0.717) is 38.4 Å². The van der Waals surface area contributed by atoms with Crippen molar-refractivity contribution in [3.05, 3.63) is 60.1 Å². The molecular formula is C20H24Cl2N2O4.